The molecule has 0 aliphatic heterocycles. The molecule has 0 radical (unpaired) electrons. The third-order valence-electron chi connectivity index (χ3n) is 2.79. The molecule has 0 saturated heterocycles. The second kappa shape index (κ2) is 6.82. The maximum Gasteiger partial charge on any atom is 0.0639 e. The molecule has 18 heavy (non-hydrogen) atoms. The SMILES string of the molecule is C=CCCOCCNc1ccc2ccccc2c1. The van der Waals surface area contributed by atoms with Crippen LogP contribution in [0, 0.1) is 0 Å². The van der Waals surface area contributed by atoms with Crippen molar-refractivity contribution < 1.29 is 4.74 Å². The summed E-state index contributed by atoms with van der Waals surface area (Å²) in [5.74, 6) is 0. The molecular formula is C16H19NO. The molecule has 1 N–H and O–H groups in total. The fraction of sp³-hybridized carbons (Fsp3) is 0.250. The highest BCUT2D eigenvalue weighted by molar-refractivity contribution is 5.85. The molecule has 0 saturated carbocycles. The molecule has 0 bridgehead atoms. The van der Waals surface area contributed by atoms with E-state index in [0.717, 1.165) is 31.9 Å². The van der Waals surface area contributed by atoms with E-state index in [-0.39, 0.29) is 0 Å². The molecule has 0 amide bonds. The molecular weight excluding hydrogens is 222 g/mol. The van der Waals surface area contributed by atoms with E-state index in [1.54, 1.807) is 0 Å². The molecule has 2 rings (SSSR count). The molecule has 0 spiro atoms. The first-order valence-corrected chi connectivity index (χ1v) is 6.31. The summed E-state index contributed by atoms with van der Waals surface area (Å²) in [7, 11) is 0. The first kappa shape index (κ1) is 12.7. The average molecular weight is 241 g/mol. The van der Waals surface area contributed by atoms with Crippen LogP contribution in [0.3, 0.4) is 0 Å². The maximum atomic E-state index is 5.45. The van der Waals surface area contributed by atoms with Gasteiger partial charge in [0.15, 0.2) is 0 Å². The zero-order valence-electron chi connectivity index (χ0n) is 10.6. The van der Waals surface area contributed by atoms with Crippen LogP contribution in [0.5, 0.6) is 0 Å². The Hall–Kier alpha value is -1.80. The highest BCUT2D eigenvalue weighted by Gasteiger charge is 1.95. The van der Waals surface area contributed by atoms with Crippen LogP contribution in [0.25, 0.3) is 10.8 Å². The number of ether oxygens (including phenoxy) is 1. The number of rotatable bonds is 7. The van der Waals surface area contributed by atoms with E-state index < -0.39 is 0 Å². The molecule has 0 fully saturated rings. The Labute approximate surface area is 108 Å². The van der Waals surface area contributed by atoms with Crippen LogP contribution in [0.15, 0.2) is 55.1 Å². The molecule has 2 aromatic carbocycles. The van der Waals surface area contributed by atoms with Gasteiger partial charge >= 0.3 is 0 Å². The summed E-state index contributed by atoms with van der Waals surface area (Å²) in [6, 6.07) is 14.8. The lowest BCUT2D eigenvalue weighted by Crippen LogP contribution is -2.09. The van der Waals surface area contributed by atoms with Crippen LogP contribution >= 0.6 is 0 Å². The van der Waals surface area contributed by atoms with Crippen molar-refractivity contribution in [3.05, 3.63) is 55.1 Å². The molecule has 0 aliphatic rings. The summed E-state index contributed by atoms with van der Waals surface area (Å²) in [5.41, 5.74) is 1.14. The van der Waals surface area contributed by atoms with Crippen LogP contribution < -0.4 is 5.32 Å². The van der Waals surface area contributed by atoms with E-state index in [2.05, 4.69) is 54.4 Å². The van der Waals surface area contributed by atoms with Crippen molar-refractivity contribution in [3.63, 3.8) is 0 Å². The van der Waals surface area contributed by atoms with E-state index in [1.807, 2.05) is 6.08 Å². The maximum absolute atomic E-state index is 5.45. The molecule has 2 aromatic rings. The number of benzene rings is 2. The van der Waals surface area contributed by atoms with Gasteiger partial charge in [-0.2, -0.15) is 0 Å². The number of anilines is 1. The van der Waals surface area contributed by atoms with Crippen molar-refractivity contribution in [2.24, 2.45) is 0 Å². The zero-order valence-corrected chi connectivity index (χ0v) is 10.6. The fourth-order valence-electron chi connectivity index (χ4n) is 1.84. The molecule has 0 aliphatic carbocycles. The Morgan fingerprint density at radius 1 is 1.06 bits per heavy atom. The van der Waals surface area contributed by atoms with Crippen LogP contribution in [-0.4, -0.2) is 19.8 Å². The summed E-state index contributed by atoms with van der Waals surface area (Å²) >= 11 is 0. The predicted octanol–water partition coefficient (Wildman–Crippen LogP) is 3.84. The van der Waals surface area contributed by atoms with Crippen molar-refractivity contribution in [2.45, 2.75) is 6.42 Å². The predicted molar refractivity (Wildman–Crippen MR) is 78.1 cm³/mol. The van der Waals surface area contributed by atoms with Crippen molar-refractivity contribution in [1.29, 1.82) is 0 Å². The van der Waals surface area contributed by atoms with E-state index in [9.17, 15) is 0 Å². The van der Waals surface area contributed by atoms with E-state index in [0.29, 0.717) is 0 Å². The second-order valence-corrected chi connectivity index (χ2v) is 4.18. The fourth-order valence-corrected chi connectivity index (χ4v) is 1.84. The minimum Gasteiger partial charge on any atom is -0.383 e. The van der Waals surface area contributed by atoms with Gasteiger partial charge in [-0.15, -0.1) is 6.58 Å². The third kappa shape index (κ3) is 3.60. The van der Waals surface area contributed by atoms with Gasteiger partial charge < -0.3 is 10.1 Å². The smallest absolute Gasteiger partial charge is 0.0639 e. The van der Waals surface area contributed by atoms with Crippen LogP contribution in [0.1, 0.15) is 6.42 Å². The van der Waals surface area contributed by atoms with Gasteiger partial charge in [0, 0.05) is 12.2 Å². The largest absolute Gasteiger partial charge is 0.383 e. The van der Waals surface area contributed by atoms with Crippen LogP contribution in [-0.2, 0) is 4.74 Å². The minimum absolute atomic E-state index is 0.723. The molecule has 2 nitrogen and oxygen atoms in total. The van der Waals surface area contributed by atoms with Gasteiger partial charge in [-0.05, 0) is 29.3 Å². The molecule has 0 heterocycles. The number of hydrogen-bond donors (Lipinski definition) is 1. The van der Waals surface area contributed by atoms with Gasteiger partial charge in [0.25, 0.3) is 0 Å². The summed E-state index contributed by atoms with van der Waals surface area (Å²) < 4.78 is 5.45. The highest BCUT2D eigenvalue weighted by Crippen LogP contribution is 2.18. The lowest BCUT2D eigenvalue weighted by molar-refractivity contribution is 0.149. The summed E-state index contributed by atoms with van der Waals surface area (Å²) in [6.07, 6.45) is 2.78. The van der Waals surface area contributed by atoms with Gasteiger partial charge in [0.05, 0.1) is 13.2 Å². The topological polar surface area (TPSA) is 21.3 Å². The van der Waals surface area contributed by atoms with Gasteiger partial charge in [0.1, 0.15) is 0 Å². The Balaban J connectivity index is 1.82. The third-order valence-corrected chi connectivity index (χ3v) is 2.79. The van der Waals surface area contributed by atoms with Crippen molar-refractivity contribution in [1.82, 2.24) is 0 Å². The Bertz CT molecular complexity index is 507. The molecule has 0 unspecified atom stereocenters. The molecule has 0 atom stereocenters. The number of nitrogens with one attached hydrogen (secondary N) is 1. The number of hydrogen-bond acceptors (Lipinski definition) is 2. The first-order chi connectivity index (χ1) is 8.90. The van der Waals surface area contributed by atoms with E-state index >= 15 is 0 Å². The number of fused-ring (bicyclic) bond motifs is 1. The Morgan fingerprint density at radius 3 is 2.72 bits per heavy atom. The molecule has 2 heteroatoms. The summed E-state index contributed by atoms with van der Waals surface area (Å²) in [6.45, 7) is 5.96. The van der Waals surface area contributed by atoms with E-state index in [1.165, 1.54) is 10.8 Å². The molecule has 0 aromatic heterocycles. The van der Waals surface area contributed by atoms with Gasteiger partial charge in [-0.1, -0.05) is 36.4 Å². The minimum atomic E-state index is 0.723. The summed E-state index contributed by atoms with van der Waals surface area (Å²) in [4.78, 5) is 0. The van der Waals surface area contributed by atoms with Gasteiger partial charge in [0.2, 0.25) is 0 Å². The van der Waals surface area contributed by atoms with E-state index in [4.69, 9.17) is 4.74 Å². The quantitative estimate of drug-likeness (QED) is 0.587. The van der Waals surface area contributed by atoms with Crippen molar-refractivity contribution in [2.75, 3.05) is 25.1 Å². The Kier molecular flexibility index (Phi) is 4.79. The van der Waals surface area contributed by atoms with Crippen molar-refractivity contribution in [3.8, 4) is 0 Å². The van der Waals surface area contributed by atoms with Gasteiger partial charge in [-0.25, -0.2) is 0 Å². The lowest BCUT2D eigenvalue weighted by atomic mass is 10.1. The zero-order chi connectivity index (χ0) is 12.6. The molecule has 94 valence electrons. The highest BCUT2D eigenvalue weighted by atomic mass is 16.5. The normalized spacial score (nSPS) is 10.4. The monoisotopic (exact) mass is 241 g/mol. The van der Waals surface area contributed by atoms with Crippen LogP contribution in [0.2, 0.25) is 0 Å². The first-order valence-electron chi connectivity index (χ1n) is 6.31. The van der Waals surface area contributed by atoms with Crippen LogP contribution in [0.4, 0.5) is 5.69 Å². The van der Waals surface area contributed by atoms with Gasteiger partial charge in [-0.3, -0.25) is 0 Å². The standard InChI is InChI=1S/C16H19NO/c1-2-3-11-18-12-10-17-16-9-8-14-6-4-5-7-15(14)13-16/h2,4-9,13,17H,1,3,10-12H2. The lowest BCUT2D eigenvalue weighted by Gasteiger charge is -2.08. The van der Waals surface area contributed by atoms with Crippen molar-refractivity contribution >= 4 is 16.5 Å². The average Bonchev–Trinajstić information content (AvgIpc) is 2.42. The summed E-state index contributed by atoms with van der Waals surface area (Å²) in [5, 5.41) is 5.89. The second-order valence-electron chi connectivity index (χ2n) is 4.18. The Morgan fingerprint density at radius 2 is 1.89 bits per heavy atom.